The van der Waals surface area contributed by atoms with E-state index in [1.807, 2.05) is 4.90 Å². The lowest BCUT2D eigenvalue weighted by molar-refractivity contribution is 0.0760. The van der Waals surface area contributed by atoms with Gasteiger partial charge in [0.25, 0.3) is 5.91 Å². The molecule has 1 heterocycles. The summed E-state index contributed by atoms with van der Waals surface area (Å²) >= 11 is 9.29. The maximum absolute atomic E-state index is 12.5. The number of carbonyl (C=O) groups is 1. The summed E-state index contributed by atoms with van der Waals surface area (Å²) in [5.41, 5.74) is 0.650. The van der Waals surface area contributed by atoms with Crippen LogP contribution < -0.4 is 0 Å². The van der Waals surface area contributed by atoms with E-state index >= 15 is 0 Å². The molecule has 1 aromatic rings. The molecule has 2 rings (SSSR count). The fourth-order valence-corrected chi connectivity index (χ4v) is 2.85. The summed E-state index contributed by atoms with van der Waals surface area (Å²) in [4.78, 5) is 16.5. The van der Waals surface area contributed by atoms with Gasteiger partial charge >= 0.3 is 0 Å². The molecular formula is C14H18BrClN2O2. The van der Waals surface area contributed by atoms with Gasteiger partial charge in [-0.25, -0.2) is 0 Å². The number of aliphatic hydroxyl groups is 1. The van der Waals surface area contributed by atoms with E-state index in [1.54, 1.807) is 18.2 Å². The van der Waals surface area contributed by atoms with Gasteiger partial charge in [-0.15, -0.1) is 0 Å². The molecule has 0 saturated carbocycles. The van der Waals surface area contributed by atoms with Crippen LogP contribution in [0.5, 0.6) is 0 Å². The van der Waals surface area contributed by atoms with E-state index in [1.165, 1.54) is 0 Å². The third-order valence-corrected chi connectivity index (χ3v) is 4.67. The summed E-state index contributed by atoms with van der Waals surface area (Å²) in [6, 6.07) is 5.25. The molecule has 1 N–H and O–H groups in total. The molecular weight excluding hydrogens is 344 g/mol. The Labute approximate surface area is 132 Å². The molecule has 1 amide bonds. The zero-order chi connectivity index (χ0) is 14.5. The van der Waals surface area contributed by atoms with Gasteiger partial charge < -0.3 is 10.0 Å². The largest absolute Gasteiger partial charge is 0.395 e. The topological polar surface area (TPSA) is 43.8 Å². The van der Waals surface area contributed by atoms with Crippen molar-refractivity contribution >= 4 is 33.4 Å². The van der Waals surface area contributed by atoms with Crippen LogP contribution in [0.1, 0.15) is 16.8 Å². The summed E-state index contributed by atoms with van der Waals surface area (Å²) in [6.07, 6.45) is 0.931. The van der Waals surface area contributed by atoms with Crippen LogP contribution in [-0.4, -0.2) is 60.1 Å². The van der Waals surface area contributed by atoms with E-state index in [2.05, 4.69) is 20.8 Å². The summed E-state index contributed by atoms with van der Waals surface area (Å²) < 4.78 is 0.738. The molecule has 0 aromatic heterocycles. The second-order valence-corrected chi connectivity index (χ2v) is 6.10. The van der Waals surface area contributed by atoms with Crippen molar-refractivity contribution in [1.82, 2.24) is 9.80 Å². The highest BCUT2D eigenvalue weighted by Crippen LogP contribution is 2.24. The number of β-amino-alcohol motifs (C(OH)–C–C–N with tert-alkyl or cyclic N) is 1. The van der Waals surface area contributed by atoms with Crippen LogP contribution in [0.15, 0.2) is 22.7 Å². The predicted octanol–water partition coefficient (Wildman–Crippen LogP) is 2.24. The minimum absolute atomic E-state index is 0.0354. The van der Waals surface area contributed by atoms with E-state index in [0.717, 1.165) is 30.5 Å². The molecule has 1 saturated heterocycles. The second-order valence-electron chi connectivity index (χ2n) is 4.84. The van der Waals surface area contributed by atoms with Crippen molar-refractivity contribution in [3.8, 4) is 0 Å². The second kappa shape index (κ2) is 7.41. The molecule has 1 aliphatic heterocycles. The first-order valence-corrected chi connectivity index (χ1v) is 7.86. The van der Waals surface area contributed by atoms with Crippen molar-refractivity contribution in [2.24, 2.45) is 0 Å². The van der Waals surface area contributed by atoms with Crippen molar-refractivity contribution in [3.05, 3.63) is 33.3 Å². The van der Waals surface area contributed by atoms with Crippen LogP contribution in [0.4, 0.5) is 0 Å². The maximum atomic E-state index is 12.5. The van der Waals surface area contributed by atoms with Gasteiger partial charge in [0.15, 0.2) is 0 Å². The Balaban J connectivity index is 2.03. The van der Waals surface area contributed by atoms with Gasteiger partial charge in [-0.05, 0) is 47.1 Å². The molecule has 0 atom stereocenters. The number of hydrogen-bond donors (Lipinski definition) is 1. The summed E-state index contributed by atoms with van der Waals surface area (Å²) in [7, 11) is 0. The van der Waals surface area contributed by atoms with Gasteiger partial charge in [-0.1, -0.05) is 11.6 Å². The molecule has 4 nitrogen and oxygen atoms in total. The lowest BCUT2D eigenvalue weighted by Gasteiger charge is -2.21. The fourth-order valence-electron chi connectivity index (χ4n) is 2.35. The van der Waals surface area contributed by atoms with Crippen molar-refractivity contribution < 1.29 is 9.90 Å². The average molecular weight is 362 g/mol. The maximum Gasteiger partial charge on any atom is 0.253 e. The minimum atomic E-state index is 0.0354. The molecule has 110 valence electrons. The Morgan fingerprint density at radius 1 is 1.30 bits per heavy atom. The zero-order valence-corrected chi connectivity index (χ0v) is 13.5. The van der Waals surface area contributed by atoms with Crippen LogP contribution in [-0.2, 0) is 0 Å². The lowest BCUT2D eigenvalue weighted by Crippen LogP contribution is -2.35. The first-order valence-electron chi connectivity index (χ1n) is 6.69. The molecule has 6 heteroatoms. The third kappa shape index (κ3) is 3.95. The Morgan fingerprint density at radius 3 is 2.80 bits per heavy atom. The molecule has 0 aliphatic carbocycles. The number of hydrogen-bond acceptors (Lipinski definition) is 3. The van der Waals surface area contributed by atoms with E-state index in [9.17, 15) is 4.79 Å². The minimum Gasteiger partial charge on any atom is -0.395 e. The van der Waals surface area contributed by atoms with Crippen LogP contribution in [0.2, 0.25) is 5.02 Å². The number of halogens is 2. The quantitative estimate of drug-likeness (QED) is 0.898. The van der Waals surface area contributed by atoms with Crippen LogP contribution in [0.3, 0.4) is 0 Å². The van der Waals surface area contributed by atoms with Gasteiger partial charge in [0, 0.05) is 36.2 Å². The molecule has 0 unspecified atom stereocenters. The molecule has 1 aromatic carbocycles. The number of benzene rings is 1. The Morgan fingerprint density at radius 2 is 2.10 bits per heavy atom. The SMILES string of the molecule is O=C(c1ccc(Cl)c(Br)c1)N1CCCN(CCO)CC1. The Hall–Kier alpha value is -0.620. The highest BCUT2D eigenvalue weighted by atomic mass is 79.9. The first-order chi connectivity index (χ1) is 9.61. The molecule has 0 bridgehead atoms. The number of carbonyl (C=O) groups excluding carboxylic acids is 1. The summed E-state index contributed by atoms with van der Waals surface area (Å²) in [5.74, 6) is 0.0354. The van der Waals surface area contributed by atoms with Crippen molar-refractivity contribution in [1.29, 1.82) is 0 Å². The Bertz CT molecular complexity index is 484. The normalized spacial score (nSPS) is 17.1. The van der Waals surface area contributed by atoms with E-state index in [4.69, 9.17) is 16.7 Å². The zero-order valence-electron chi connectivity index (χ0n) is 11.2. The molecule has 1 fully saturated rings. The smallest absolute Gasteiger partial charge is 0.253 e. The molecule has 0 radical (unpaired) electrons. The lowest BCUT2D eigenvalue weighted by atomic mass is 10.2. The highest BCUT2D eigenvalue weighted by molar-refractivity contribution is 9.10. The van der Waals surface area contributed by atoms with Crippen molar-refractivity contribution in [3.63, 3.8) is 0 Å². The van der Waals surface area contributed by atoms with Crippen LogP contribution in [0, 0.1) is 0 Å². The molecule has 1 aliphatic rings. The van der Waals surface area contributed by atoms with Gasteiger partial charge in [-0.3, -0.25) is 9.69 Å². The van der Waals surface area contributed by atoms with E-state index in [0.29, 0.717) is 23.7 Å². The Kier molecular flexibility index (Phi) is 5.84. The van der Waals surface area contributed by atoms with Crippen molar-refractivity contribution in [2.75, 3.05) is 39.3 Å². The standard InChI is InChI=1S/C14H18BrClN2O2/c15-12-10-11(2-3-13(12)16)14(20)18-5-1-4-17(6-7-18)8-9-19/h2-3,10,19H,1,4-9H2. The van der Waals surface area contributed by atoms with Gasteiger partial charge in [-0.2, -0.15) is 0 Å². The van der Waals surface area contributed by atoms with Gasteiger partial charge in [0.1, 0.15) is 0 Å². The van der Waals surface area contributed by atoms with E-state index < -0.39 is 0 Å². The number of nitrogens with zero attached hydrogens (tertiary/aromatic N) is 2. The first kappa shape index (κ1) is 15.8. The summed E-state index contributed by atoms with van der Waals surface area (Å²) in [5, 5.41) is 9.58. The number of amides is 1. The number of rotatable bonds is 3. The fraction of sp³-hybridized carbons (Fsp3) is 0.500. The highest BCUT2D eigenvalue weighted by Gasteiger charge is 2.20. The van der Waals surface area contributed by atoms with Crippen LogP contribution >= 0.6 is 27.5 Å². The predicted molar refractivity (Wildman–Crippen MR) is 83.2 cm³/mol. The van der Waals surface area contributed by atoms with Crippen LogP contribution in [0.25, 0.3) is 0 Å². The summed E-state index contributed by atoms with van der Waals surface area (Å²) in [6.45, 7) is 4.02. The van der Waals surface area contributed by atoms with E-state index in [-0.39, 0.29) is 12.5 Å². The molecule has 0 spiro atoms. The monoisotopic (exact) mass is 360 g/mol. The van der Waals surface area contributed by atoms with Gasteiger partial charge in [0.2, 0.25) is 0 Å². The number of aliphatic hydroxyl groups excluding tert-OH is 1. The third-order valence-electron chi connectivity index (χ3n) is 3.46. The van der Waals surface area contributed by atoms with Crippen molar-refractivity contribution in [2.45, 2.75) is 6.42 Å². The average Bonchev–Trinajstić information content (AvgIpc) is 2.67. The molecule has 20 heavy (non-hydrogen) atoms. The van der Waals surface area contributed by atoms with Gasteiger partial charge in [0.05, 0.1) is 11.6 Å².